The molecule has 0 aliphatic rings. The van der Waals surface area contributed by atoms with Gasteiger partial charge in [-0.25, -0.2) is 4.98 Å². The lowest BCUT2D eigenvalue weighted by atomic mass is 10.2. The van der Waals surface area contributed by atoms with Crippen LogP contribution >= 0.6 is 22.9 Å². The molecule has 0 aliphatic heterocycles. The molecule has 126 valence electrons. The summed E-state index contributed by atoms with van der Waals surface area (Å²) in [4.78, 5) is 26.7. The predicted octanol–water partition coefficient (Wildman–Crippen LogP) is 4.82. The summed E-state index contributed by atoms with van der Waals surface area (Å²) in [5.41, 5.74) is 2.27. The highest BCUT2D eigenvalue weighted by Gasteiger charge is 2.09. The number of nitrogens with zero attached hydrogens (tertiary/aromatic N) is 2. The number of nitro groups is 1. The normalized spacial score (nSPS) is 11.1. The van der Waals surface area contributed by atoms with Gasteiger partial charge in [0.25, 0.3) is 5.69 Å². The molecule has 0 bridgehead atoms. The zero-order chi connectivity index (χ0) is 18.0. The molecule has 0 spiro atoms. The van der Waals surface area contributed by atoms with Crippen LogP contribution in [-0.4, -0.2) is 15.8 Å². The van der Waals surface area contributed by atoms with Crippen LogP contribution in [-0.2, 0) is 4.79 Å². The number of halogens is 1. The number of aromatic nitrogens is 1. The van der Waals surface area contributed by atoms with E-state index in [2.05, 4.69) is 10.3 Å². The number of hydrogen-bond donors (Lipinski definition) is 1. The van der Waals surface area contributed by atoms with Crippen LogP contribution in [0.2, 0.25) is 5.02 Å². The van der Waals surface area contributed by atoms with Crippen molar-refractivity contribution in [2.75, 3.05) is 5.32 Å². The highest BCUT2D eigenvalue weighted by molar-refractivity contribution is 7.22. The van der Waals surface area contributed by atoms with E-state index in [0.717, 1.165) is 15.8 Å². The first kappa shape index (κ1) is 17.1. The van der Waals surface area contributed by atoms with Crippen LogP contribution in [0.15, 0.2) is 42.5 Å². The zero-order valence-electron chi connectivity index (χ0n) is 13.0. The molecule has 6 nitrogen and oxygen atoms in total. The monoisotopic (exact) mass is 373 g/mol. The predicted molar refractivity (Wildman–Crippen MR) is 100 cm³/mol. The van der Waals surface area contributed by atoms with Crippen LogP contribution in [0.4, 0.5) is 10.8 Å². The van der Waals surface area contributed by atoms with E-state index in [1.165, 1.54) is 35.6 Å². The molecule has 0 saturated carbocycles. The molecule has 0 saturated heterocycles. The number of thiazole rings is 1. The fraction of sp³-hybridized carbons (Fsp3) is 0.0588. The number of hydrogen-bond acceptors (Lipinski definition) is 5. The van der Waals surface area contributed by atoms with Crippen LogP contribution in [0.5, 0.6) is 0 Å². The molecule has 0 radical (unpaired) electrons. The molecule has 1 aromatic heterocycles. The van der Waals surface area contributed by atoms with Gasteiger partial charge >= 0.3 is 0 Å². The van der Waals surface area contributed by atoms with Crippen molar-refractivity contribution >= 4 is 56.0 Å². The fourth-order valence-corrected chi connectivity index (χ4v) is 3.59. The van der Waals surface area contributed by atoms with Gasteiger partial charge in [0, 0.05) is 23.2 Å². The van der Waals surface area contributed by atoms with Gasteiger partial charge in [-0.05, 0) is 36.3 Å². The second-order valence-corrected chi connectivity index (χ2v) is 6.73. The first-order valence-electron chi connectivity index (χ1n) is 7.22. The molecule has 0 fully saturated rings. The van der Waals surface area contributed by atoms with Crippen LogP contribution < -0.4 is 5.32 Å². The summed E-state index contributed by atoms with van der Waals surface area (Å²) < 4.78 is 0.892. The molecule has 0 atom stereocenters. The molecule has 25 heavy (non-hydrogen) atoms. The van der Waals surface area contributed by atoms with E-state index in [-0.39, 0.29) is 11.6 Å². The number of nitro benzene ring substituents is 1. The summed E-state index contributed by atoms with van der Waals surface area (Å²) in [5, 5.41) is 14.5. The Hall–Kier alpha value is -2.77. The quantitative estimate of drug-likeness (QED) is 0.403. The number of rotatable bonds is 4. The maximum absolute atomic E-state index is 12.0. The zero-order valence-corrected chi connectivity index (χ0v) is 14.6. The average Bonchev–Trinajstić information content (AvgIpc) is 2.95. The van der Waals surface area contributed by atoms with E-state index < -0.39 is 4.92 Å². The minimum absolute atomic E-state index is 0.0268. The highest BCUT2D eigenvalue weighted by atomic mass is 35.5. The van der Waals surface area contributed by atoms with Gasteiger partial charge in [-0.3, -0.25) is 20.2 Å². The Morgan fingerprint density at radius 1 is 1.36 bits per heavy atom. The topological polar surface area (TPSA) is 85.1 Å². The molecular weight excluding hydrogens is 362 g/mol. The van der Waals surface area contributed by atoms with Crippen molar-refractivity contribution in [1.82, 2.24) is 4.98 Å². The lowest BCUT2D eigenvalue weighted by Gasteiger charge is -1.96. The molecular formula is C17H12ClN3O3S. The van der Waals surface area contributed by atoms with Crippen molar-refractivity contribution in [1.29, 1.82) is 0 Å². The number of benzene rings is 2. The minimum Gasteiger partial charge on any atom is -0.298 e. The van der Waals surface area contributed by atoms with E-state index in [1.54, 1.807) is 18.2 Å². The first-order valence-corrected chi connectivity index (χ1v) is 8.42. The number of anilines is 1. The average molecular weight is 374 g/mol. The van der Waals surface area contributed by atoms with Crippen LogP contribution in [0, 0.1) is 17.0 Å². The minimum atomic E-state index is -0.480. The van der Waals surface area contributed by atoms with Gasteiger partial charge in [0.05, 0.1) is 15.1 Å². The lowest BCUT2D eigenvalue weighted by Crippen LogP contribution is -2.07. The van der Waals surface area contributed by atoms with Crippen molar-refractivity contribution in [3.63, 3.8) is 0 Å². The molecule has 0 unspecified atom stereocenters. The highest BCUT2D eigenvalue weighted by Crippen LogP contribution is 2.30. The van der Waals surface area contributed by atoms with Gasteiger partial charge in [-0.2, -0.15) is 0 Å². The van der Waals surface area contributed by atoms with Crippen molar-refractivity contribution in [2.24, 2.45) is 0 Å². The number of aryl methyl sites for hydroxylation is 1. The maximum atomic E-state index is 12.0. The van der Waals surface area contributed by atoms with E-state index >= 15 is 0 Å². The summed E-state index contributed by atoms with van der Waals surface area (Å²) in [6.07, 6.45) is 2.82. The summed E-state index contributed by atoms with van der Waals surface area (Å²) in [6.45, 7) is 1.90. The molecule has 3 rings (SSSR count). The third-order valence-corrected chi connectivity index (χ3v) is 4.52. The number of carbonyl (C=O) groups is 1. The number of non-ortho nitro benzene ring substituents is 1. The maximum Gasteiger partial charge on any atom is 0.270 e. The smallest absolute Gasteiger partial charge is 0.270 e. The Morgan fingerprint density at radius 2 is 2.16 bits per heavy atom. The molecule has 3 aromatic rings. The Kier molecular flexibility index (Phi) is 4.78. The Morgan fingerprint density at radius 3 is 2.92 bits per heavy atom. The van der Waals surface area contributed by atoms with Gasteiger partial charge in [0.15, 0.2) is 5.13 Å². The standard InChI is InChI=1S/C17H12ClN3O3S/c1-10-7-12(18)9-14-16(10)20-17(25-14)19-15(22)6-5-11-3-2-4-13(8-11)21(23)24/h2-9H,1H3,(H,19,20,22)/b6-5+. The largest absolute Gasteiger partial charge is 0.298 e. The van der Waals surface area contributed by atoms with Gasteiger partial charge < -0.3 is 0 Å². The summed E-state index contributed by atoms with van der Waals surface area (Å²) in [5.74, 6) is -0.366. The summed E-state index contributed by atoms with van der Waals surface area (Å²) in [7, 11) is 0. The van der Waals surface area contributed by atoms with E-state index in [1.807, 2.05) is 13.0 Å². The molecule has 1 heterocycles. The second-order valence-electron chi connectivity index (χ2n) is 5.26. The van der Waals surface area contributed by atoms with Gasteiger partial charge in [-0.1, -0.05) is 35.1 Å². The third kappa shape index (κ3) is 4.01. The number of amides is 1. The van der Waals surface area contributed by atoms with Crippen molar-refractivity contribution < 1.29 is 9.72 Å². The molecule has 1 amide bonds. The molecule has 0 aliphatic carbocycles. The van der Waals surface area contributed by atoms with E-state index in [9.17, 15) is 14.9 Å². The Balaban J connectivity index is 1.75. The fourth-order valence-electron chi connectivity index (χ4n) is 2.27. The van der Waals surface area contributed by atoms with Crippen LogP contribution in [0.3, 0.4) is 0 Å². The van der Waals surface area contributed by atoms with Crippen molar-refractivity contribution in [3.05, 3.63) is 68.7 Å². The summed E-state index contributed by atoms with van der Waals surface area (Å²) in [6, 6.07) is 9.65. The van der Waals surface area contributed by atoms with Gasteiger partial charge in [0.2, 0.25) is 5.91 Å². The third-order valence-electron chi connectivity index (χ3n) is 3.39. The Labute approximate surface area is 151 Å². The van der Waals surface area contributed by atoms with Gasteiger partial charge in [0.1, 0.15) is 0 Å². The van der Waals surface area contributed by atoms with Crippen LogP contribution in [0.25, 0.3) is 16.3 Å². The first-order chi connectivity index (χ1) is 11.9. The van der Waals surface area contributed by atoms with Gasteiger partial charge in [-0.15, -0.1) is 0 Å². The SMILES string of the molecule is Cc1cc(Cl)cc2sc(NC(=O)/C=C/c3cccc([N+](=O)[O-])c3)nc12. The van der Waals surface area contributed by atoms with E-state index in [0.29, 0.717) is 15.7 Å². The number of nitrogens with one attached hydrogen (secondary N) is 1. The molecule has 2 aromatic carbocycles. The number of carbonyl (C=O) groups excluding carboxylic acids is 1. The van der Waals surface area contributed by atoms with Crippen molar-refractivity contribution in [3.8, 4) is 0 Å². The molecule has 8 heteroatoms. The summed E-state index contributed by atoms with van der Waals surface area (Å²) >= 11 is 7.36. The van der Waals surface area contributed by atoms with E-state index in [4.69, 9.17) is 11.6 Å². The second kappa shape index (κ2) is 7.00. The van der Waals surface area contributed by atoms with Crippen molar-refractivity contribution in [2.45, 2.75) is 6.92 Å². The lowest BCUT2D eigenvalue weighted by molar-refractivity contribution is -0.384. The van der Waals surface area contributed by atoms with Crippen LogP contribution in [0.1, 0.15) is 11.1 Å². The molecule has 1 N–H and O–H groups in total. The Bertz CT molecular complexity index is 1010. The number of fused-ring (bicyclic) bond motifs is 1.